The number of thiophene rings is 1. The Morgan fingerprint density at radius 1 is 1.29 bits per heavy atom. The Morgan fingerprint density at radius 2 is 2.14 bits per heavy atom. The van der Waals surface area contributed by atoms with E-state index in [9.17, 15) is 0 Å². The zero-order valence-corrected chi connectivity index (χ0v) is 17.3. The van der Waals surface area contributed by atoms with E-state index < -0.39 is 0 Å². The van der Waals surface area contributed by atoms with Crippen LogP contribution in [-0.2, 0) is 0 Å². The summed E-state index contributed by atoms with van der Waals surface area (Å²) in [4.78, 5) is 2.95. The average Bonchev–Trinajstić information content (AvgIpc) is 3.40. The quantitative estimate of drug-likeness (QED) is 0.831. The van der Waals surface area contributed by atoms with Gasteiger partial charge in [-0.2, -0.15) is 5.01 Å². The lowest BCUT2D eigenvalue weighted by molar-refractivity contribution is -0.908. The van der Waals surface area contributed by atoms with Crippen molar-refractivity contribution in [3.8, 4) is 11.5 Å². The van der Waals surface area contributed by atoms with Crippen LogP contribution in [0.2, 0.25) is 0 Å². The van der Waals surface area contributed by atoms with Crippen LogP contribution in [0.5, 0.6) is 11.5 Å². The topological polar surface area (TPSA) is 38.2 Å². The number of piperidine rings is 1. The van der Waals surface area contributed by atoms with Crippen molar-refractivity contribution in [3.05, 3.63) is 52.2 Å². The average molecular weight is 399 g/mol. The van der Waals surface area contributed by atoms with Crippen LogP contribution in [0.25, 0.3) is 5.70 Å². The summed E-state index contributed by atoms with van der Waals surface area (Å²) in [6.07, 6.45) is 5.60. The number of ether oxygens (including phenoxy) is 2. The summed E-state index contributed by atoms with van der Waals surface area (Å²) in [5, 5.41) is 4.50. The Balaban J connectivity index is 1.54. The number of hydrogen-bond acceptors (Lipinski definition) is 5. The highest BCUT2D eigenvalue weighted by Gasteiger charge is 2.53. The molecule has 1 atom stereocenters. The second-order valence-corrected chi connectivity index (χ2v) is 8.86. The van der Waals surface area contributed by atoms with Crippen molar-refractivity contribution >= 4 is 17.0 Å². The Hall–Kier alpha value is -2.02. The number of benzene rings is 1. The zero-order chi connectivity index (χ0) is 19.1. The third kappa shape index (κ3) is 2.82. The molecule has 0 bridgehead atoms. The van der Waals surface area contributed by atoms with Crippen molar-refractivity contribution in [2.75, 3.05) is 26.7 Å². The summed E-state index contributed by atoms with van der Waals surface area (Å²) in [5.74, 6) is 1.74. The first-order valence-corrected chi connectivity index (χ1v) is 11.1. The van der Waals surface area contributed by atoms with Crippen LogP contribution >= 0.6 is 11.3 Å². The highest BCUT2D eigenvalue weighted by atomic mass is 32.1. The maximum atomic E-state index is 6.78. The number of methoxy groups -OCH3 is 1. The monoisotopic (exact) mass is 398 g/mol. The van der Waals surface area contributed by atoms with Gasteiger partial charge in [0.1, 0.15) is 0 Å². The molecule has 2 N–H and O–H groups in total. The van der Waals surface area contributed by atoms with Crippen molar-refractivity contribution in [1.82, 2.24) is 10.4 Å². The van der Waals surface area contributed by atoms with Crippen LogP contribution in [0.3, 0.4) is 0 Å². The summed E-state index contributed by atoms with van der Waals surface area (Å²) < 4.78 is 12.4. The van der Waals surface area contributed by atoms with E-state index in [1.807, 2.05) is 6.07 Å². The lowest BCUT2D eigenvalue weighted by Gasteiger charge is -2.50. The smallest absolute Gasteiger partial charge is 0.191 e. The lowest BCUT2D eigenvalue weighted by atomic mass is 9.92. The van der Waals surface area contributed by atoms with Crippen LogP contribution in [0.4, 0.5) is 0 Å². The number of likely N-dealkylation sites (tertiary alicyclic amines) is 1. The summed E-state index contributed by atoms with van der Waals surface area (Å²) in [6, 6.07) is 10.7. The number of fused-ring (bicyclic) bond motifs is 4. The maximum absolute atomic E-state index is 6.78. The van der Waals surface area contributed by atoms with Gasteiger partial charge in [-0.3, -0.25) is 0 Å². The van der Waals surface area contributed by atoms with E-state index >= 15 is 0 Å². The van der Waals surface area contributed by atoms with E-state index in [4.69, 9.17) is 9.47 Å². The highest BCUT2D eigenvalue weighted by Crippen LogP contribution is 2.50. The van der Waals surface area contributed by atoms with Crippen molar-refractivity contribution in [3.63, 3.8) is 0 Å². The second kappa shape index (κ2) is 7.10. The standard InChI is InChI=1S/C22H27N3O2S/c1-3-11-24-12-9-22(10-13-24)25-18(15-17(23-25)20-8-5-14-28-20)16-6-4-7-19(26-2)21(16)27-22/h4-8,14-15,18,23H,3,9-13H2,1-2H3/p+1/t18-/m0/s1. The third-order valence-corrected chi connectivity index (χ3v) is 7.15. The minimum atomic E-state index is -0.334. The van der Waals surface area contributed by atoms with E-state index in [1.54, 1.807) is 23.3 Å². The van der Waals surface area contributed by atoms with Gasteiger partial charge >= 0.3 is 0 Å². The number of rotatable bonds is 4. The molecule has 0 unspecified atom stereocenters. The predicted molar refractivity (Wildman–Crippen MR) is 111 cm³/mol. The molecule has 1 fully saturated rings. The molecule has 0 radical (unpaired) electrons. The van der Waals surface area contributed by atoms with Gasteiger partial charge in [-0.05, 0) is 30.0 Å². The molecule has 4 heterocycles. The van der Waals surface area contributed by atoms with E-state index in [2.05, 4.69) is 53.1 Å². The molecule has 5 rings (SSSR count). The predicted octanol–water partition coefficient (Wildman–Crippen LogP) is 2.84. The molecule has 1 aromatic heterocycles. The zero-order valence-electron chi connectivity index (χ0n) is 16.5. The summed E-state index contributed by atoms with van der Waals surface area (Å²) in [7, 11) is 1.73. The molecule has 0 saturated carbocycles. The van der Waals surface area contributed by atoms with Gasteiger partial charge in [0.25, 0.3) is 0 Å². The van der Waals surface area contributed by atoms with Gasteiger partial charge in [0.2, 0.25) is 0 Å². The summed E-state index contributed by atoms with van der Waals surface area (Å²) in [5.41, 5.74) is 5.73. The molecule has 5 nitrogen and oxygen atoms in total. The first-order valence-electron chi connectivity index (χ1n) is 10.3. The largest absolute Gasteiger partial charge is 0.493 e. The SMILES string of the molecule is CCC[NH+]1CCC2(CC1)Oc1c(OC)cccc1[C@@H]1C=C(c3cccs3)NN12. The number of para-hydroxylation sites is 1. The van der Waals surface area contributed by atoms with Gasteiger partial charge < -0.3 is 19.8 Å². The van der Waals surface area contributed by atoms with Gasteiger partial charge in [-0.15, -0.1) is 11.3 Å². The van der Waals surface area contributed by atoms with Crippen LogP contribution < -0.4 is 19.8 Å². The minimum Gasteiger partial charge on any atom is -0.493 e. The van der Waals surface area contributed by atoms with Crippen molar-refractivity contribution in [1.29, 1.82) is 0 Å². The van der Waals surface area contributed by atoms with E-state index in [0.717, 1.165) is 37.4 Å². The first kappa shape index (κ1) is 18.0. The fourth-order valence-corrected chi connectivity index (χ4v) is 5.54. The molecular weight excluding hydrogens is 370 g/mol. The Bertz CT molecular complexity index is 872. The third-order valence-electron chi connectivity index (χ3n) is 6.25. The van der Waals surface area contributed by atoms with Gasteiger partial charge in [0, 0.05) is 5.56 Å². The van der Waals surface area contributed by atoms with Crippen LogP contribution in [0.15, 0.2) is 41.8 Å². The second-order valence-electron chi connectivity index (χ2n) is 7.91. The molecule has 148 valence electrons. The maximum Gasteiger partial charge on any atom is 0.191 e. The molecular formula is C22H28N3O2S+. The number of hydrogen-bond donors (Lipinski definition) is 2. The van der Waals surface area contributed by atoms with Gasteiger partial charge in [0.15, 0.2) is 17.2 Å². The van der Waals surface area contributed by atoms with Crippen LogP contribution in [0, 0.1) is 0 Å². The molecule has 28 heavy (non-hydrogen) atoms. The van der Waals surface area contributed by atoms with E-state index in [0.29, 0.717) is 0 Å². The van der Waals surface area contributed by atoms with Crippen LogP contribution in [0.1, 0.15) is 42.7 Å². The van der Waals surface area contributed by atoms with Gasteiger partial charge in [-0.25, -0.2) is 0 Å². The molecule has 3 aliphatic rings. The van der Waals surface area contributed by atoms with Crippen molar-refractivity contribution < 1.29 is 14.4 Å². The van der Waals surface area contributed by atoms with E-state index in [-0.39, 0.29) is 11.8 Å². The molecule has 1 aromatic carbocycles. The molecule has 1 spiro atoms. The molecule has 1 saturated heterocycles. The minimum absolute atomic E-state index is 0.156. The molecule has 0 aliphatic carbocycles. The number of nitrogens with one attached hydrogen (secondary N) is 2. The first-order chi connectivity index (χ1) is 13.7. The van der Waals surface area contributed by atoms with Crippen molar-refractivity contribution in [2.24, 2.45) is 0 Å². The number of quaternary nitrogens is 1. The Labute approximate surface area is 170 Å². The normalized spacial score (nSPS) is 28.9. The Kier molecular flexibility index (Phi) is 4.57. The fourth-order valence-electron chi connectivity index (χ4n) is 4.84. The number of hydrazine groups is 1. The van der Waals surface area contributed by atoms with Gasteiger partial charge in [-0.1, -0.05) is 25.1 Å². The van der Waals surface area contributed by atoms with Gasteiger partial charge in [0.05, 0.1) is 56.2 Å². The highest BCUT2D eigenvalue weighted by molar-refractivity contribution is 7.11. The number of nitrogens with zero attached hydrogens (tertiary/aromatic N) is 1. The van der Waals surface area contributed by atoms with Crippen molar-refractivity contribution in [2.45, 2.75) is 38.0 Å². The summed E-state index contributed by atoms with van der Waals surface area (Å²) in [6.45, 7) is 5.78. The molecule has 3 aliphatic heterocycles. The fraction of sp³-hybridized carbons (Fsp3) is 0.455. The van der Waals surface area contributed by atoms with E-state index in [1.165, 1.54) is 29.1 Å². The summed E-state index contributed by atoms with van der Waals surface area (Å²) >= 11 is 1.77. The Morgan fingerprint density at radius 3 is 2.86 bits per heavy atom. The molecule has 0 amide bonds. The lowest BCUT2D eigenvalue weighted by Crippen LogP contribution is -3.14. The molecule has 6 heteroatoms. The van der Waals surface area contributed by atoms with Crippen LogP contribution in [-0.4, -0.2) is 37.5 Å². The molecule has 2 aromatic rings.